The summed E-state index contributed by atoms with van der Waals surface area (Å²) in [5.74, 6) is 0. The van der Waals surface area contributed by atoms with Gasteiger partial charge in [0, 0.05) is 19.0 Å². The van der Waals surface area contributed by atoms with Crippen LogP contribution in [-0.4, -0.2) is 21.7 Å². The van der Waals surface area contributed by atoms with Gasteiger partial charge in [-0.25, -0.2) is 8.42 Å². The van der Waals surface area contributed by atoms with E-state index in [1.54, 1.807) is 19.2 Å². The van der Waals surface area contributed by atoms with Gasteiger partial charge in [-0.3, -0.25) is 0 Å². The molecule has 0 atom stereocenters. The van der Waals surface area contributed by atoms with Crippen LogP contribution in [0.25, 0.3) is 0 Å². The monoisotopic (exact) mass is 236 g/mol. The lowest BCUT2D eigenvalue weighted by atomic mass is 10.3. The smallest absolute Gasteiger partial charge is 0.177 e. The number of nitrogens with two attached hydrogens (primary N) is 1. The molecule has 0 heterocycles. The third-order valence-electron chi connectivity index (χ3n) is 1.70. The maximum absolute atomic E-state index is 11.2. The molecule has 14 heavy (non-hydrogen) atoms. The molecule has 0 aliphatic rings. The van der Waals surface area contributed by atoms with Gasteiger partial charge >= 0.3 is 0 Å². The average molecular weight is 237 g/mol. The SMILES string of the molecule is CNc1ccc(S(C)(=O)=O)c(N)c1.Cl. The number of nitrogens with one attached hydrogen (secondary N) is 1. The number of hydrogen-bond donors (Lipinski definition) is 2. The molecule has 0 saturated heterocycles. The number of anilines is 2. The predicted molar refractivity (Wildman–Crippen MR) is 60.8 cm³/mol. The first-order chi connectivity index (χ1) is 5.95. The highest BCUT2D eigenvalue weighted by atomic mass is 35.5. The van der Waals surface area contributed by atoms with Gasteiger partial charge in [-0.15, -0.1) is 12.4 Å². The molecule has 0 radical (unpaired) electrons. The first kappa shape index (κ1) is 13.1. The van der Waals surface area contributed by atoms with Crippen molar-refractivity contribution in [2.24, 2.45) is 0 Å². The van der Waals surface area contributed by atoms with Gasteiger partial charge in [0.1, 0.15) is 0 Å². The van der Waals surface area contributed by atoms with E-state index in [1.807, 2.05) is 0 Å². The fourth-order valence-electron chi connectivity index (χ4n) is 1.04. The Morgan fingerprint density at radius 3 is 2.29 bits per heavy atom. The quantitative estimate of drug-likeness (QED) is 0.756. The molecule has 1 rings (SSSR count). The lowest BCUT2D eigenvalue weighted by molar-refractivity contribution is 0.602. The normalized spacial score (nSPS) is 10.4. The van der Waals surface area contributed by atoms with E-state index in [0.717, 1.165) is 11.9 Å². The Kier molecular flexibility index (Phi) is 4.22. The molecule has 0 fully saturated rings. The Morgan fingerprint density at radius 2 is 1.93 bits per heavy atom. The molecule has 80 valence electrons. The largest absolute Gasteiger partial charge is 0.398 e. The van der Waals surface area contributed by atoms with E-state index in [4.69, 9.17) is 5.73 Å². The minimum atomic E-state index is -3.21. The van der Waals surface area contributed by atoms with Crippen LogP contribution < -0.4 is 11.1 Å². The van der Waals surface area contributed by atoms with Crippen molar-refractivity contribution >= 4 is 33.6 Å². The van der Waals surface area contributed by atoms with E-state index in [1.165, 1.54) is 6.07 Å². The molecule has 1 aromatic rings. The highest BCUT2D eigenvalue weighted by Crippen LogP contribution is 2.21. The highest BCUT2D eigenvalue weighted by Gasteiger charge is 2.10. The van der Waals surface area contributed by atoms with Crippen molar-refractivity contribution < 1.29 is 8.42 Å². The summed E-state index contributed by atoms with van der Waals surface area (Å²) >= 11 is 0. The van der Waals surface area contributed by atoms with E-state index in [9.17, 15) is 8.42 Å². The van der Waals surface area contributed by atoms with Crippen LogP contribution in [0.4, 0.5) is 11.4 Å². The molecule has 0 aromatic heterocycles. The standard InChI is InChI=1S/C8H12N2O2S.ClH/c1-10-6-3-4-8(7(9)5-6)13(2,11)12;/h3-5,10H,9H2,1-2H3;1H. The summed E-state index contributed by atoms with van der Waals surface area (Å²) in [6.45, 7) is 0. The molecule has 3 N–H and O–H groups in total. The molecule has 6 heteroatoms. The zero-order valence-electron chi connectivity index (χ0n) is 7.94. The molecule has 0 aliphatic carbocycles. The summed E-state index contributed by atoms with van der Waals surface area (Å²) in [5.41, 5.74) is 6.63. The van der Waals surface area contributed by atoms with E-state index < -0.39 is 9.84 Å². The first-order valence-electron chi connectivity index (χ1n) is 3.72. The van der Waals surface area contributed by atoms with Gasteiger partial charge in [0.15, 0.2) is 9.84 Å². The Balaban J connectivity index is 0.00000169. The fraction of sp³-hybridized carbons (Fsp3) is 0.250. The van der Waals surface area contributed by atoms with Gasteiger partial charge in [0.2, 0.25) is 0 Å². The van der Waals surface area contributed by atoms with Crippen LogP contribution in [0.2, 0.25) is 0 Å². The molecule has 4 nitrogen and oxygen atoms in total. The molecule has 0 amide bonds. The molecule has 0 bridgehead atoms. The maximum Gasteiger partial charge on any atom is 0.177 e. The van der Waals surface area contributed by atoms with Crippen molar-refractivity contribution in [2.75, 3.05) is 24.4 Å². The summed E-state index contributed by atoms with van der Waals surface area (Å²) in [6, 6.07) is 4.76. The topological polar surface area (TPSA) is 72.2 Å². The van der Waals surface area contributed by atoms with Gasteiger partial charge in [-0.1, -0.05) is 0 Å². The summed E-state index contributed by atoms with van der Waals surface area (Å²) in [4.78, 5) is 0.173. The number of hydrogen-bond acceptors (Lipinski definition) is 4. The fourth-order valence-corrected chi connectivity index (χ4v) is 1.84. The van der Waals surface area contributed by atoms with Crippen molar-refractivity contribution in [3.05, 3.63) is 18.2 Å². The highest BCUT2D eigenvalue weighted by molar-refractivity contribution is 7.90. The van der Waals surface area contributed by atoms with Crippen LogP contribution >= 0.6 is 12.4 Å². The molecular formula is C8H13ClN2O2S. The van der Waals surface area contributed by atoms with Crippen LogP contribution in [0.1, 0.15) is 0 Å². The maximum atomic E-state index is 11.2. The molecule has 0 unspecified atom stereocenters. The van der Waals surface area contributed by atoms with Crippen LogP contribution in [0.3, 0.4) is 0 Å². The molecule has 0 saturated carbocycles. The summed E-state index contributed by atoms with van der Waals surface area (Å²) in [7, 11) is -1.47. The van der Waals surface area contributed by atoms with Gasteiger partial charge in [-0.05, 0) is 18.2 Å². The summed E-state index contributed by atoms with van der Waals surface area (Å²) < 4.78 is 22.3. The molecule has 0 aliphatic heterocycles. The van der Waals surface area contributed by atoms with E-state index >= 15 is 0 Å². The summed E-state index contributed by atoms with van der Waals surface area (Å²) in [5, 5.41) is 2.87. The minimum absolute atomic E-state index is 0. The average Bonchev–Trinajstić information content (AvgIpc) is 2.01. The Labute approximate surface area is 89.8 Å². The number of benzene rings is 1. The Hall–Kier alpha value is -0.940. The van der Waals surface area contributed by atoms with Crippen molar-refractivity contribution in [3.8, 4) is 0 Å². The zero-order valence-corrected chi connectivity index (χ0v) is 9.58. The van der Waals surface area contributed by atoms with E-state index in [0.29, 0.717) is 0 Å². The Bertz CT molecular complexity index is 417. The first-order valence-corrected chi connectivity index (χ1v) is 5.61. The van der Waals surface area contributed by atoms with Crippen LogP contribution in [0, 0.1) is 0 Å². The van der Waals surface area contributed by atoms with Gasteiger partial charge in [0.25, 0.3) is 0 Å². The van der Waals surface area contributed by atoms with E-state index in [2.05, 4.69) is 5.32 Å². The number of halogens is 1. The molecule has 1 aromatic carbocycles. The van der Waals surface area contributed by atoms with Gasteiger partial charge in [-0.2, -0.15) is 0 Å². The van der Waals surface area contributed by atoms with Gasteiger partial charge < -0.3 is 11.1 Å². The van der Waals surface area contributed by atoms with Crippen LogP contribution in [0.5, 0.6) is 0 Å². The minimum Gasteiger partial charge on any atom is -0.398 e. The number of rotatable bonds is 2. The van der Waals surface area contributed by atoms with E-state index in [-0.39, 0.29) is 23.0 Å². The lowest BCUT2D eigenvalue weighted by Crippen LogP contribution is -2.02. The second-order valence-electron chi connectivity index (χ2n) is 2.77. The van der Waals surface area contributed by atoms with Crippen molar-refractivity contribution in [2.45, 2.75) is 4.90 Å². The lowest BCUT2D eigenvalue weighted by Gasteiger charge is -2.05. The second kappa shape index (κ2) is 4.52. The molecule has 0 spiro atoms. The Morgan fingerprint density at radius 1 is 1.36 bits per heavy atom. The second-order valence-corrected chi connectivity index (χ2v) is 4.76. The van der Waals surface area contributed by atoms with Crippen molar-refractivity contribution in [1.29, 1.82) is 0 Å². The van der Waals surface area contributed by atoms with Crippen molar-refractivity contribution in [3.63, 3.8) is 0 Å². The van der Waals surface area contributed by atoms with Crippen molar-refractivity contribution in [1.82, 2.24) is 0 Å². The third kappa shape index (κ3) is 2.78. The number of sulfone groups is 1. The summed E-state index contributed by atoms with van der Waals surface area (Å²) in [6.07, 6.45) is 1.14. The third-order valence-corrected chi connectivity index (χ3v) is 2.87. The molecular weight excluding hydrogens is 224 g/mol. The van der Waals surface area contributed by atoms with Gasteiger partial charge in [0.05, 0.1) is 10.6 Å². The van der Waals surface area contributed by atoms with Crippen LogP contribution in [0.15, 0.2) is 23.1 Å². The predicted octanol–water partition coefficient (Wildman–Crippen LogP) is 1.14. The van der Waals surface area contributed by atoms with Crippen LogP contribution in [-0.2, 0) is 9.84 Å². The number of nitrogen functional groups attached to an aromatic ring is 1. The zero-order chi connectivity index (χ0) is 10.1.